The Morgan fingerprint density at radius 2 is 0.587 bits per heavy atom. The fourth-order valence-electron chi connectivity index (χ4n) is 9.36. The molecule has 532 valence electrons. The van der Waals surface area contributed by atoms with Gasteiger partial charge in [0.1, 0.15) is 19.3 Å². The first kappa shape index (κ1) is 88.2. The Morgan fingerprint density at radius 3 is 0.957 bits per heavy atom. The lowest BCUT2D eigenvalue weighted by Crippen LogP contribution is -2.30. The molecule has 0 bridgehead atoms. The van der Waals surface area contributed by atoms with Gasteiger partial charge in [0, 0.05) is 25.7 Å². The molecule has 0 saturated carbocycles. The Kier molecular flexibility index (Phi) is 63.2. The first-order chi connectivity index (χ1) is 44.7. The van der Waals surface area contributed by atoms with E-state index >= 15 is 0 Å². The van der Waals surface area contributed by atoms with Gasteiger partial charge in [-0.1, -0.05) is 241 Å². The summed E-state index contributed by atoms with van der Waals surface area (Å²) in [6.07, 6.45) is 64.5. The third-order valence-electron chi connectivity index (χ3n) is 14.8. The molecule has 5 unspecified atom stereocenters. The van der Waals surface area contributed by atoms with E-state index in [-0.39, 0.29) is 25.7 Å². The minimum atomic E-state index is -4.97. The van der Waals surface area contributed by atoms with Gasteiger partial charge >= 0.3 is 39.5 Å². The van der Waals surface area contributed by atoms with Crippen molar-refractivity contribution in [1.29, 1.82) is 0 Å². The molecule has 0 saturated heterocycles. The van der Waals surface area contributed by atoms with Crippen molar-refractivity contribution in [2.24, 2.45) is 0 Å². The summed E-state index contributed by atoms with van der Waals surface area (Å²) in [5.41, 5.74) is 0. The zero-order valence-corrected chi connectivity index (χ0v) is 59.5. The largest absolute Gasteiger partial charge is 0.472 e. The van der Waals surface area contributed by atoms with Crippen LogP contribution in [0.2, 0.25) is 0 Å². The van der Waals surface area contributed by atoms with Gasteiger partial charge in [-0.3, -0.25) is 37.3 Å². The predicted molar refractivity (Wildman–Crippen MR) is 372 cm³/mol. The zero-order valence-electron chi connectivity index (χ0n) is 57.7. The van der Waals surface area contributed by atoms with Crippen molar-refractivity contribution in [3.05, 3.63) is 85.1 Å². The number of aliphatic hydroxyl groups is 1. The molecule has 92 heavy (non-hydrogen) atoms. The molecule has 0 aliphatic rings. The molecule has 5 atom stereocenters. The van der Waals surface area contributed by atoms with Gasteiger partial charge in [-0.05, 0) is 116 Å². The van der Waals surface area contributed by atoms with E-state index in [1.807, 2.05) is 0 Å². The topological polar surface area (TPSA) is 237 Å². The lowest BCUT2D eigenvalue weighted by atomic mass is 10.1. The second-order valence-electron chi connectivity index (χ2n) is 23.8. The Labute approximate surface area is 557 Å². The van der Waals surface area contributed by atoms with Crippen molar-refractivity contribution in [3.8, 4) is 0 Å². The summed E-state index contributed by atoms with van der Waals surface area (Å²) in [6, 6.07) is 0. The van der Waals surface area contributed by atoms with Crippen molar-refractivity contribution >= 4 is 39.5 Å². The van der Waals surface area contributed by atoms with Crippen LogP contribution in [0, 0.1) is 0 Å². The van der Waals surface area contributed by atoms with Gasteiger partial charge in [-0.25, -0.2) is 9.13 Å². The van der Waals surface area contributed by atoms with Gasteiger partial charge in [0.25, 0.3) is 0 Å². The van der Waals surface area contributed by atoms with Crippen LogP contribution in [0.4, 0.5) is 0 Å². The van der Waals surface area contributed by atoms with Crippen molar-refractivity contribution in [2.45, 2.75) is 316 Å². The first-order valence-electron chi connectivity index (χ1n) is 35.8. The molecule has 0 radical (unpaired) electrons. The molecule has 0 aliphatic heterocycles. The summed E-state index contributed by atoms with van der Waals surface area (Å²) in [5.74, 6) is -2.24. The molecule has 3 N–H and O–H groups in total. The average Bonchev–Trinajstić information content (AvgIpc) is 2.24. The van der Waals surface area contributed by atoms with Gasteiger partial charge in [0.2, 0.25) is 0 Å². The van der Waals surface area contributed by atoms with Crippen LogP contribution in [-0.2, 0) is 65.4 Å². The molecule has 0 rings (SSSR count). The summed E-state index contributed by atoms with van der Waals surface area (Å²) in [5, 5.41) is 10.6. The predicted octanol–water partition coefficient (Wildman–Crippen LogP) is 19.9. The number of aliphatic hydroxyl groups excluding tert-OH is 1. The Hall–Kier alpha value is -3.76. The maximum Gasteiger partial charge on any atom is 0.472 e. The monoisotopic (exact) mass is 1340 g/mol. The van der Waals surface area contributed by atoms with Crippen LogP contribution in [-0.4, -0.2) is 96.7 Å². The van der Waals surface area contributed by atoms with E-state index in [4.69, 9.17) is 37.0 Å². The zero-order chi connectivity index (χ0) is 67.5. The van der Waals surface area contributed by atoms with Crippen LogP contribution in [0.25, 0.3) is 0 Å². The quantitative estimate of drug-likeness (QED) is 0.0169. The molecular formula is C73H128O17P2. The normalized spacial score (nSPS) is 14.6. The van der Waals surface area contributed by atoms with E-state index in [2.05, 4.69) is 113 Å². The highest BCUT2D eigenvalue weighted by Gasteiger charge is 2.30. The summed E-state index contributed by atoms with van der Waals surface area (Å²) < 4.78 is 68.2. The fourth-order valence-corrected chi connectivity index (χ4v) is 10.9. The second-order valence-corrected chi connectivity index (χ2v) is 26.7. The van der Waals surface area contributed by atoms with E-state index < -0.39 is 97.5 Å². The van der Waals surface area contributed by atoms with Gasteiger partial charge < -0.3 is 33.8 Å². The van der Waals surface area contributed by atoms with Crippen LogP contribution in [0.3, 0.4) is 0 Å². The maximum absolute atomic E-state index is 13.0. The van der Waals surface area contributed by atoms with E-state index in [1.165, 1.54) is 64.2 Å². The highest BCUT2D eigenvalue weighted by molar-refractivity contribution is 7.47. The summed E-state index contributed by atoms with van der Waals surface area (Å²) >= 11 is 0. The lowest BCUT2D eigenvalue weighted by Gasteiger charge is -2.21. The van der Waals surface area contributed by atoms with Crippen LogP contribution >= 0.6 is 15.6 Å². The summed E-state index contributed by atoms with van der Waals surface area (Å²) in [4.78, 5) is 72.5. The Morgan fingerprint density at radius 1 is 0.315 bits per heavy atom. The molecule has 0 fully saturated rings. The smallest absolute Gasteiger partial charge is 0.462 e. The third kappa shape index (κ3) is 64.9. The molecular weight excluding hydrogens is 1210 g/mol. The highest BCUT2D eigenvalue weighted by Crippen LogP contribution is 2.45. The molecule has 17 nitrogen and oxygen atoms in total. The fraction of sp³-hybridized carbons (Fsp3) is 0.753. The Balaban J connectivity index is 5.35. The molecule has 0 aromatic carbocycles. The van der Waals surface area contributed by atoms with Crippen molar-refractivity contribution in [1.82, 2.24) is 0 Å². The first-order valence-corrected chi connectivity index (χ1v) is 38.8. The molecule has 19 heteroatoms. The number of ether oxygens (including phenoxy) is 4. The van der Waals surface area contributed by atoms with Gasteiger partial charge in [0.05, 0.1) is 26.4 Å². The number of phosphoric acid groups is 2. The second kappa shape index (κ2) is 65.9. The SMILES string of the molecule is CC/C=C\C/C=C\C/C=C\C/C=C\CCCCC(=O)OCC(COP(=O)(O)OCC(O)COP(=O)(O)OCC(COC(=O)CCCCCCC/C=C\C/C=C\CCC)OC(=O)CCCCCCC/C=C\CCCCCC)OC(=O)CCCCCCCCCCCCC. The standard InChI is InChI=1S/C73H128O17P2/c1-5-9-13-17-21-25-29-32-33-36-39-42-46-50-54-58-71(76)84-63-68(89-72(77)59-55-51-47-43-37-28-24-20-16-12-8-4)65-87-91(79,80)85-61-67(74)62-86-92(81,82)88-66-69(90-73(78)60-56-52-48-44-40-35-31-27-23-19-15-11-7-3)64-83-70(75)57-53-49-45-41-38-34-30-26-22-18-14-10-6-2/h9,13-14,18,21,25-27,30-33,39,42,67-69,74H,5-8,10-12,15-17,19-20,22-24,28-29,34-38,40-41,43-66H2,1-4H3,(H,79,80)(H,81,82)/b13-9-,18-14-,25-21-,30-26-,31-27-,33-32-,42-39-. The van der Waals surface area contributed by atoms with Crippen LogP contribution in [0.15, 0.2) is 85.1 Å². The average molecular weight is 1340 g/mol. The lowest BCUT2D eigenvalue weighted by molar-refractivity contribution is -0.161. The van der Waals surface area contributed by atoms with E-state index in [1.54, 1.807) is 0 Å². The van der Waals surface area contributed by atoms with Gasteiger partial charge in [0.15, 0.2) is 12.2 Å². The highest BCUT2D eigenvalue weighted by atomic mass is 31.2. The minimum Gasteiger partial charge on any atom is -0.462 e. The van der Waals surface area contributed by atoms with E-state index in [0.29, 0.717) is 25.7 Å². The van der Waals surface area contributed by atoms with Crippen LogP contribution in [0.1, 0.15) is 297 Å². The van der Waals surface area contributed by atoms with Gasteiger partial charge in [-0.15, -0.1) is 0 Å². The number of hydrogen-bond donors (Lipinski definition) is 3. The summed E-state index contributed by atoms with van der Waals surface area (Å²) in [6.45, 7) is 4.60. The minimum absolute atomic E-state index is 0.0825. The Bertz CT molecular complexity index is 2090. The number of carbonyl (C=O) groups excluding carboxylic acids is 4. The number of rotatable bonds is 67. The van der Waals surface area contributed by atoms with E-state index in [0.717, 1.165) is 154 Å². The molecule has 0 heterocycles. The maximum atomic E-state index is 13.0. The third-order valence-corrected chi connectivity index (χ3v) is 16.7. The molecule has 0 amide bonds. The number of carbonyl (C=O) groups is 4. The van der Waals surface area contributed by atoms with Crippen molar-refractivity contribution in [2.75, 3.05) is 39.6 Å². The molecule has 0 aromatic rings. The number of allylic oxidation sites excluding steroid dienone is 14. The van der Waals surface area contributed by atoms with Crippen molar-refractivity contribution < 1.29 is 80.2 Å². The number of hydrogen-bond acceptors (Lipinski definition) is 15. The summed E-state index contributed by atoms with van der Waals surface area (Å²) in [7, 11) is -9.94. The molecule has 0 aliphatic carbocycles. The van der Waals surface area contributed by atoms with E-state index in [9.17, 15) is 43.2 Å². The molecule has 0 aromatic heterocycles. The van der Waals surface area contributed by atoms with Crippen molar-refractivity contribution in [3.63, 3.8) is 0 Å². The van der Waals surface area contributed by atoms with Crippen LogP contribution < -0.4 is 0 Å². The van der Waals surface area contributed by atoms with Crippen LogP contribution in [0.5, 0.6) is 0 Å². The van der Waals surface area contributed by atoms with Gasteiger partial charge in [-0.2, -0.15) is 0 Å². The number of unbranched alkanes of at least 4 members (excludes halogenated alkanes) is 27. The number of phosphoric ester groups is 2. The number of esters is 4. The molecule has 0 spiro atoms.